The molecule has 0 spiro atoms. The van der Waals surface area contributed by atoms with E-state index >= 15 is 0 Å². The van der Waals surface area contributed by atoms with E-state index in [4.69, 9.17) is 14.2 Å². The molecule has 0 aromatic heterocycles. The zero-order chi connectivity index (χ0) is 25.8. The largest absolute Gasteiger partial charge is 0.493 e. The number of nitrogens with zero attached hydrogens (tertiary/aromatic N) is 1. The molecule has 0 radical (unpaired) electrons. The van der Waals surface area contributed by atoms with Crippen molar-refractivity contribution in [3.05, 3.63) is 89.5 Å². The van der Waals surface area contributed by atoms with Gasteiger partial charge in [0.05, 0.1) is 32.4 Å². The first kappa shape index (κ1) is 24.7. The average molecular weight is 488 g/mol. The second-order valence-electron chi connectivity index (χ2n) is 8.07. The maximum Gasteiger partial charge on any atom is 0.338 e. The van der Waals surface area contributed by atoms with Crippen molar-refractivity contribution < 1.29 is 33.4 Å². The Balaban J connectivity index is 1.83. The van der Waals surface area contributed by atoms with E-state index in [0.29, 0.717) is 33.9 Å². The Kier molecular flexibility index (Phi) is 7.15. The molecule has 1 fully saturated rings. The van der Waals surface area contributed by atoms with Gasteiger partial charge in [-0.2, -0.15) is 0 Å². The van der Waals surface area contributed by atoms with E-state index in [1.165, 1.54) is 31.3 Å². The molecule has 1 saturated heterocycles. The van der Waals surface area contributed by atoms with E-state index in [0.717, 1.165) is 0 Å². The standard InChI is InChI=1S/C28H25NO7/c1-4-36-28(33)18-10-13-20(14-11-18)29-24(19-12-15-21(34-2)22(16-19)35-3)23(26(31)27(29)32)25(30)17-8-6-5-7-9-17/h5-16,23-24H,4H2,1-3H3. The van der Waals surface area contributed by atoms with Crippen LogP contribution in [0.5, 0.6) is 11.5 Å². The second kappa shape index (κ2) is 10.4. The molecule has 2 atom stereocenters. The Morgan fingerprint density at radius 3 is 2.11 bits per heavy atom. The fourth-order valence-electron chi connectivity index (χ4n) is 4.34. The van der Waals surface area contributed by atoms with Gasteiger partial charge in [-0.3, -0.25) is 19.3 Å². The molecule has 0 aliphatic carbocycles. The summed E-state index contributed by atoms with van der Waals surface area (Å²) in [5.74, 6) is -2.99. The molecule has 1 amide bonds. The number of benzene rings is 3. The minimum absolute atomic E-state index is 0.227. The van der Waals surface area contributed by atoms with Crippen LogP contribution in [0.1, 0.15) is 39.2 Å². The SMILES string of the molecule is CCOC(=O)c1ccc(N2C(=O)C(=O)C(C(=O)c3ccccc3)C2c2ccc(OC)c(OC)c2)cc1. The topological polar surface area (TPSA) is 99.2 Å². The molecule has 3 aromatic rings. The summed E-state index contributed by atoms with van der Waals surface area (Å²) >= 11 is 0. The molecule has 184 valence electrons. The number of carbonyl (C=O) groups is 4. The van der Waals surface area contributed by atoms with Crippen molar-refractivity contribution >= 4 is 29.1 Å². The van der Waals surface area contributed by atoms with Gasteiger partial charge in [-0.25, -0.2) is 4.79 Å². The van der Waals surface area contributed by atoms with Crippen LogP contribution in [-0.2, 0) is 14.3 Å². The molecule has 36 heavy (non-hydrogen) atoms. The first-order chi connectivity index (χ1) is 17.4. The molecule has 8 heteroatoms. The number of rotatable bonds is 8. The number of Topliss-reactive ketones (excluding diaryl/α,β-unsaturated/α-hetero) is 2. The summed E-state index contributed by atoms with van der Waals surface area (Å²) in [6.45, 7) is 1.93. The average Bonchev–Trinajstić information content (AvgIpc) is 3.18. The zero-order valence-electron chi connectivity index (χ0n) is 20.1. The zero-order valence-corrected chi connectivity index (χ0v) is 20.1. The number of esters is 1. The number of ketones is 2. The van der Waals surface area contributed by atoms with Crippen molar-refractivity contribution in [2.24, 2.45) is 5.92 Å². The summed E-state index contributed by atoms with van der Waals surface area (Å²) < 4.78 is 15.8. The lowest BCUT2D eigenvalue weighted by atomic mass is 9.86. The molecule has 1 aliphatic heterocycles. The maximum atomic E-state index is 13.5. The van der Waals surface area contributed by atoms with Crippen LogP contribution in [0.4, 0.5) is 5.69 Å². The van der Waals surface area contributed by atoms with Crippen LogP contribution in [0.25, 0.3) is 0 Å². The molecular weight excluding hydrogens is 462 g/mol. The summed E-state index contributed by atoms with van der Waals surface area (Å²) in [5.41, 5.74) is 1.52. The Morgan fingerprint density at radius 1 is 0.833 bits per heavy atom. The van der Waals surface area contributed by atoms with E-state index in [1.807, 2.05) is 0 Å². The lowest BCUT2D eigenvalue weighted by molar-refractivity contribution is -0.135. The summed E-state index contributed by atoms with van der Waals surface area (Å²) in [6.07, 6.45) is 0. The van der Waals surface area contributed by atoms with Crippen LogP contribution in [0.3, 0.4) is 0 Å². The van der Waals surface area contributed by atoms with Crippen LogP contribution >= 0.6 is 0 Å². The highest BCUT2D eigenvalue weighted by Gasteiger charge is 2.52. The number of hydrogen-bond acceptors (Lipinski definition) is 7. The highest BCUT2D eigenvalue weighted by Crippen LogP contribution is 2.43. The number of methoxy groups -OCH3 is 2. The molecule has 4 rings (SSSR count). The van der Waals surface area contributed by atoms with E-state index in [9.17, 15) is 19.2 Å². The fourth-order valence-corrected chi connectivity index (χ4v) is 4.34. The van der Waals surface area contributed by atoms with Crippen molar-refractivity contribution in [2.75, 3.05) is 25.7 Å². The van der Waals surface area contributed by atoms with Gasteiger partial charge in [-0.15, -0.1) is 0 Å². The molecular formula is C28H25NO7. The van der Waals surface area contributed by atoms with Gasteiger partial charge in [0.2, 0.25) is 5.78 Å². The lowest BCUT2D eigenvalue weighted by Gasteiger charge is -2.28. The van der Waals surface area contributed by atoms with E-state index in [-0.39, 0.29) is 6.61 Å². The normalized spacial score (nSPS) is 17.1. The van der Waals surface area contributed by atoms with Gasteiger partial charge in [-0.05, 0) is 48.9 Å². The van der Waals surface area contributed by atoms with Gasteiger partial charge in [0.1, 0.15) is 5.92 Å². The Morgan fingerprint density at radius 2 is 1.50 bits per heavy atom. The van der Waals surface area contributed by atoms with E-state index in [2.05, 4.69) is 0 Å². The molecule has 0 N–H and O–H groups in total. The van der Waals surface area contributed by atoms with E-state index < -0.39 is 35.4 Å². The third kappa shape index (κ3) is 4.45. The maximum absolute atomic E-state index is 13.5. The van der Waals surface area contributed by atoms with Gasteiger partial charge in [0, 0.05) is 11.3 Å². The van der Waals surface area contributed by atoms with Crippen molar-refractivity contribution in [3.8, 4) is 11.5 Å². The Hall–Kier alpha value is -4.46. The molecule has 0 saturated carbocycles. The lowest BCUT2D eigenvalue weighted by Crippen LogP contribution is -2.30. The first-order valence-electron chi connectivity index (χ1n) is 11.4. The Labute approximate surface area is 208 Å². The quantitative estimate of drug-likeness (QED) is 0.205. The van der Waals surface area contributed by atoms with Gasteiger partial charge >= 0.3 is 5.97 Å². The van der Waals surface area contributed by atoms with E-state index in [1.54, 1.807) is 67.6 Å². The van der Waals surface area contributed by atoms with Gasteiger partial charge in [-0.1, -0.05) is 36.4 Å². The monoisotopic (exact) mass is 487 g/mol. The van der Waals surface area contributed by atoms with Crippen LogP contribution in [-0.4, -0.2) is 44.3 Å². The summed E-state index contributed by atoms with van der Waals surface area (Å²) in [6, 6.07) is 18.6. The number of ether oxygens (including phenoxy) is 3. The molecule has 1 aliphatic rings. The van der Waals surface area contributed by atoms with Crippen molar-refractivity contribution in [2.45, 2.75) is 13.0 Å². The number of anilines is 1. The first-order valence-corrected chi connectivity index (χ1v) is 11.4. The Bertz CT molecular complexity index is 1300. The summed E-state index contributed by atoms with van der Waals surface area (Å²) in [5, 5.41) is 0. The molecule has 0 bridgehead atoms. The minimum atomic E-state index is -1.28. The van der Waals surface area contributed by atoms with Gasteiger partial charge in [0.15, 0.2) is 17.3 Å². The molecule has 2 unspecified atom stereocenters. The van der Waals surface area contributed by atoms with Crippen LogP contribution in [0, 0.1) is 5.92 Å². The summed E-state index contributed by atoms with van der Waals surface area (Å²) in [7, 11) is 2.98. The summed E-state index contributed by atoms with van der Waals surface area (Å²) in [4.78, 5) is 53.5. The van der Waals surface area contributed by atoms with Crippen LogP contribution in [0.15, 0.2) is 72.8 Å². The van der Waals surface area contributed by atoms with Gasteiger partial charge < -0.3 is 14.2 Å². The number of carbonyl (C=O) groups excluding carboxylic acids is 4. The molecule has 8 nitrogen and oxygen atoms in total. The van der Waals surface area contributed by atoms with Crippen LogP contribution in [0.2, 0.25) is 0 Å². The molecule has 1 heterocycles. The molecule has 3 aromatic carbocycles. The van der Waals surface area contributed by atoms with Crippen molar-refractivity contribution in [3.63, 3.8) is 0 Å². The van der Waals surface area contributed by atoms with Crippen molar-refractivity contribution in [1.82, 2.24) is 0 Å². The second-order valence-corrected chi connectivity index (χ2v) is 8.07. The highest BCUT2D eigenvalue weighted by molar-refractivity contribution is 6.49. The van der Waals surface area contributed by atoms with Crippen molar-refractivity contribution in [1.29, 1.82) is 0 Å². The highest BCUT2D eigenvalue weighted by atomic mass is 16.5. The smallest absolute Gasteiger partial charge is 0.338 e. The fraction of sp³-hybridized carbons (Fsp3) is 0.214. The number of hydrogen-bond donors (Lipinski definition) is 0. The number of amides is 1. The third-order valence-corrected chi connectivity index (χ3v) is 6.05. The minimum Gasteiger partial charge on any atom is -0.493 e. The predicted molar refractivity (Wildman–Crippen MR) is 131 cm³/mol. The predicted octanol–water partition coefficient (Wildman–Crippen LogP) is 4.04. The van der Waals surface area contributed by atoms with Gasteiger partial charge in [0.25, 0.3) is 5.91 Å². The van der Waals surface area contributed by atoms with Crippen LogP contribution < -0.4 is 14.4 Å². The third-order valence-electron chi connectivity index (χ3n) is 6.05.